The van der Waals surface area contributed by atoms with Gasteiger partial charge in [-0.15, -0.1) is 0 Å². The van der Waals surface area contributed by atoms with E-state index in [0.717, 1.165) is 25.2 Å². The van der Waals surface area contributed by atoms with E-state index in [9.17, 15) is 5.11 Å². The summed E-state index contributed by atoms with van der Waals surface area (Å²) in [7, 11) is 0. The first-order valence-electron chi connectivity index (χ1n) is 7.68. The minimum absolute atomic E-state index is 0.319. The molecule has 1 aromatic rings. The zero-order valence-electron chi connectivity index (χ0n) is 11.8. The lowest BCUT2D eigenvalue weighted by atomic mass is 10.0. The fourth-order valence-electron chi connectivity index (χ4n) is 3.05. The van der Waals surface area contributed by atoms with Crippen LogP contribution in [0.3, 0.4) is 0 Å². The van der Waals surface area contributed by atoms with E-state index in [1.165, 1.54) is 32.1 Å². The number of nitrogens with zero attached hydrogens (tertiary/aromatic N) is 1. The molecule has 1 heterocycles. The molecule has 1 atom stereocenters. The zero-order valence-corrected chi connectivity index (χ0v) is 12.6. The Morgan fingerprint density at radius 2 is 2.10 bits per heavy atom. The molecule has 3 rings (SSSR count). The smallest absolute Gasteiger partial charge is 0.121 e. The number of hydrogen-bond donors (Lipinski definition) is 2. The summed E-state index contributed by atoms with van der Waals surface area (Å²) in [6.45, 7) is 2.96. The van der Waals surface area contributed by atoms with Crippen LogP contribution in [-0.4, -0.2) is 35.2 Å². The fraction of sp³-hybridized carbons (Fsp3) is 0.625. The summed E-state index contributed by atoms with van der Waals surface area (Å²) in [6, 6.07) is 6.65. The van der Waals surface area contributed by atoms with E-state index in [2.05, 4.69) is 10.2 Å². The summed E-state index contributed by atoms with van der Waals surface area (Å²) in [5.74, 6) is 0.319. The van der Waals surface area contributed by atoms with Crippen LogP contribution < -0.4 is 5.32 Å². The fourth-order valence-corrected chi connectivity index (χ4v) is 3.28. The average Bonchev–Trinajstić information content (AvgIpc) is 3.27. The first-order chi connectivity index (χ1) is 9.74. The van der Waals surface area contributed by atoms with E-state index in [4.69, 9.17) is 11.6 Å². The number of piperidine rings is 1. The molecule has 4 heteroatoms. The molecule has 2 N–H and O–H groups in total. The Hall–Kier alpha value is -0.770. The van der Waals surface area contributed by atoms with Gasteiger partial charge in [-0.1, -0.05) is 24.1 Å². The van der Waals surface area contributed by atoms with Crippen molar-refractivity contribution in [2.24, 2.45) is 0 Å². The summed E-state index contributed by atoms with van der Waals surface area (Å²) >= 11 is 6.24. The molecular weight excluding hydrogens is 272 g/mol. The van der Waals surface area contributed by atoms with Crippen molar-refractivity contribution in [3.8, 4) is 5.75 Å². The standard InChI is InChI=1S/C16H23ClN2O/c17-15-5-3-6-16(20)14(15)11-19(13-7-8-13)10-12-4-1-2-9-18-12/h3,5-6,12-13,18,20H,1-2,4,7-11H2. The third kappa shape index (κ3) is 3.46. The maximum Gasteiger partial charge on any atom is 0.121 e. The molecule has 110 valence electrons. The molecule has 2 fully saturated rings. The second-order valence-corrected chi connectivity index (χ2v) is 6.45. The van der Waals surface area contributed by atoms with Crippen molar-refractivity contribution in [2.75, 3.05) is 13.1 Å². The Labute approximate surface area is 125 Å². The molecular formula is C16H23ClN2O. The molecule has 0 bridgehead atoms. The summed E-state index contributed by atoms with van der Waals surface area (Å²) in [5, 5.41) is 14.3. The van der Waals surface area contributed by atoms with Crippen molar-refractivity contribution in [2.45, 2.75) is 50.7 Å². The maximum absolute atomic E-state index is 10.0. The molecule has 20 heavy (non-hydrogen) atoms. The van der Waals surface area contributed by atoms with E-state index in [0.29, 0.717) is 22.9 Å². The molecule has 0 spiro atoms. The van der Waals surface area contributed by atoms with Crippen molar-refractivity contribution >= 4 is 11.6 Å². The molecule has 1 unspecified atom stereocenters. The van der Waals surface area contributed by atoms with Gasteiger partial charge in [0.1, 0.15) is 5.75 Å². The lowest BCUT2D eigenvalue weighted by Gasteiger charge is -2.31. The highest BCUT2D eigenvalue weighted by Gasteiger charge is 2.31. The topological polar surface area (TPSA) is 35.5 Å². The van der Waals surface area contributed by atoms with Gasteiger partial charge in [-0.2, -0.15) is 0 Å². The molecule has 1 aromatic carbocycles. The molecule has 3 nitrogen and oxygen atoms in total. The van der Waals surface area contributed by atoms with Gasteiger partial charge in [0.2, 0.25) is 0 Å². The second kappa shape index (κ2) is 6.33. The van der Waals surface area contributed by atoms with Crippen LogP contribution in [0, 0.1) is 0 Å². The van der Waals surface area contributed by atoms with E-state index in [1.54, 1.807) is 12.1 Å². The van der Waals surface area contributed by atoms with Gasteiger partial charge in [-0.25, -0.2) is 0 Å². The van der Waals surface area contributed by atoms with Gasteiger partial charge in [0.25, 0.3) is 0 Å². The van der Waals surface area contributed by atoms with Crippen LogP contribution in [-0.2, 0) is 6.54 Å². The normalized spacial score (nSPS) is 23.2. The highest BCUT2D eigenvalue weighted by Crippen LogP contribution is 2.33. The summed E-state index contributed by atoms with van der Waals surface area (Å²) in [4.78, 5) is 2.49. The Kier molecular flexibility index (Phi) is 4.49. The number of phenols is 1. The first-order valence-corrected chi connectivity index (χ1v) is 8.05. The summed E-state index contributed by atoms with van der Waals surface area (Å²) < 4.78 is 0. The quantitative estimate of drug-likeness (QED) is 0.876. The van der Waals surface area contributed by atoms with Crippen LogP contribution in [0.2, 0.25) is 5.02 Å². The Morgan fingerprint density at radius 3 is 2.75 bits per heavy atom. The minimum Gasteiger partial charge on any atom is -0.508 e. The molecule has 0 aromatic heterocycles. The van der Waals surface area contributed by atoms with Gasteiger partial charge in [0.15, 0.2) is 0 Å². The van der Waals surface area contributed by atoms with Gasteiger partial charge in [-0.05, 0) is 44.4 Å². The number of rotatable bonds is 5. The van der Waals surface area contributed by atoms with Gasteiger partial charge in [0, 0.05) is 35.8 Å². The molecule has 0 radical (unpaired) electrons. The first kappa shape index (κ1) is 14.2. The SMILES string of the molecule is Oc1cccc(Cl)c1CN(CC1CCCCN1)C1CC1. The van der Waals surface area contributed by atoms with E-state index < -0.39 is 0 Å². The molecule has 1 saturated heterocycles. The predicted molar refractivity (Wildman–Crippen MR) is 82.2 cm³/mol. The molecule has 1 saturated carbocycles. The molecule has 1 aliphatic carbocycles. The number of hydrogen-bond acceptors (Lipinski definition) is 3. The van der Waals surface area contributed by atoms with E-state index in [1.807, 2.05) is 6.07 Å². The van der Waals surface area contributed by atoms with Crippen molar-refractivity contribution < 1.29 is 5.11 Å². The molecule has 1 aliphatic heterocycles. The van der Waals surface area contributed by atoms with Crippen LogP contribution in [0.5, 0.6) is 5.75 Å². The van der Waals surface area contributed by atoms with Crippen LogP contribution >= 0.6 is 11.6 Å². The minimum atomic E-state index is 0.319. The van der Waals surface area contributed by atoms with Crippen LogP contribution in [0.1, 0.15) is 37.7 Å². The highest BCUT2D eigenvalue weighted by molar-refractivity contribution is 6.31. The third-order valence-corrected chi connectivity index (χ3v) is 4.74. The van der Waals surface area contributed by atoms with Gasteiger partial charge in [-0.3, -0.25) is 4.90 Å². The zero-order chi connectivity index (χ0) is 13.9. The Bertz CT molecular complexity index is 436. The summed E-state index contributed by atoms with van der Waals surface area (Å²) in [6.07, 6.45) is 6.44. The van der Waals surface area contributed by atoms with Crippen molar-refractivity contribution in [3.63, 3.8) is 0 Å². The van der Waals surface area contributed by atoms with E-state index >= 15 is 0 Å². The molecule has 0 amide bonds. The number of benzene rings is 1. The number of halogens is 1. The monoisotopic (exact) mass is 294 g/mol. The number of aromatic hydroxyl groups is 1. The highest BCUT2D eigenvalue weighted by atomic mass is 35.5. The lowest BCUT2D eigenvalue weighted by Crippen LogP contribution is -2.44. The predicted octanol–water partition coefficient (Wildman–Crippen LogP) is 3.15. The summed E-state index contributed by atoms with van der Waals surface area (Å²) in [5.41, 5.74) is 0.872. The molecule has 2 aliphatic rings. The Morgan fingerprint density at radius 1 is 1.25 bits per heavy atom. The van der Waals surface area contributed by atoms with Crippen LogP contribution in [0.15, 0.2) is 18.2 Å². The number of phenolic OH excluding ortho intramolecular Hbond substituents is 1. The lowest BCUT2D eigenvalue weighted by molar-refractivity contribution is 0.206. The van der Waals surface area contributed by atoms with Crippen molar-refractivity contribution in [1.29, 1.82) is 0 Å². The van der Waals surface area contributed by atoms with Gasteiger partial charge >= 0.3 is 0 Å². The number of nitrogens with one attached hydrogen (secondary N) is 1. The van der Waals surface area contributed by atoms with Crippen molar-refractivity contribution in [1.82, 2.24) is 10.2 Å². The van der Waals surface area contributed by atoms with Gasteiger partial charge < -0.3 is 10.4 Å². The maximum atomic E-state index is 10.0. The third-order valence-electron chi connectivity index (χ3n) is 4.39. The van der Waals surface area contributed by atoms with Crippen LogP contribution in [0.25, 0.3) is 0 Å². The average molecular weight is 295 g/mol. The van der Waals surface area contributed by atoms with Gasteiger partial charge in [0.05, 0.1) is 0 Å². The Balaban J connectivity index is 1.68. The van der Waals surface area contributed by atoms with Crippen LogP contribution in [0.4, 0.5) is 0 Å². The van der Waals surface area contributed by atoms with Crippen molar-refractivity contribution in [3.05, 3.63) is 28.8 Å². The second-order valence-electron chi connectivity index (χ2n) is 6.04. The largest absolute Gasteiger partial charge is 0.508 e. The van der Waals surface area contributed by atoms with E-state index in [-0.39, 0.29) is 0 Å².